The van der Waals surface area contributed by atoms with Crippen LogP contribution in [0.1, 0.15) is 52.0 Å². The molecule has 4 aliphatic rings. The number of pyridine rings is 10. The van der Waals surface area contributed by atoms with Gasteiger partial charge in [-0.25, -0.2) is 52.6 Å². The van der Waals surface area contributed by atoms with Crippen LogP contribution in [-0.2, 0) is 25.9 Å². The quantitative estimate of drug-likeness (QED) is 0.0679. The second-order valence-corrected chi connectivity index (χ2v) is 35.3. The molecule has 24 rings (SSSR count). The molecule has 0 radical (unpaired) electrons. The van der Waals surface area contributed by atoms with Gasteiger partial charge in [-0.3, -0.25) is 18.8 Å². The summed E-state index contributed by atoms with van der Waals surface area (Å²) in [5.74, 6) is 18.7. The first-order valence-corrected chi connectivity index (χ1v) is 47.0. The van der Waals surface area contributed by atoms with Gasteiger partial charge in [0, 0.05) is 265 Å². The number of hydrogen-bond donors (Lipinski definition) is 0. The zero-order chi connectivity index (χ0) is 101. The van der Waals surface area contributed by atoms with Gasteiger partial charge < -0.3 is 38.7 Å². The third-order valence-electron chi connectivity index (χ3n) is 25.7. The van der Waals surface area contributed by atoms with E-state index < -0.39 is 6.55 Å². The van der Waals surface area contributed by atoms with Crippen molar-refractivity contribution in [2.45, 2.75) is 31.3 Å². The van der Waals surface area contributed by atoms with E-state index in [0.717, 1.165) is 161 Å². The smallest absolute Gasteiger partial charge is 0.333 e. The van der Waals surface area contributed by atoms with E-state index >= 15 is 0 Å². The molecular formula is C112H86F2N30O4. The second-order valence-electron chi connectivity index (χ2n) is 35.3. The second kappa shape index (κ2) is 41.4. The summed E-state index contributed by atoms with van der Waals surface area (Å²) in [6, 6.07) is 57.1. The molecule has 4 aliphatic heterocycles. The lowest BCUT2D eigenvalue weighted by Crippen LogP contribution is -2.54. The summed E-state index contributed by atoms with van der Waals surface area (Å²) >= 11 is 0. The largest absolute Gasteiger partial charge is 0.489 e. The third-order valence-corrected chi connectivity index (χ3v) is 25.7. The standard InChI is InChI=1S/C29H21F2N7O.C29H25N7O.2C27H20N8O/c1-2-19-3-6-24(7-4-19)39-25-9-10-36(18-25)27-8-5-20(13-33-27)26-11-21(23-15-35-38(17-23)29(30)31)16-37-28(26)22(12-32)14-34-37;1-33-20-25(19-32-33)24-17-26(27-11-12-31-36(27)21-24)23-8-9-28(30-18-23)34-13-15-35(16-14-34)29(37)10-7-22-5-3-2-4-6-22;1-3-22-5-6-23(13-29-22)36-24-16-34(17-24)26-7-4-18(10-30-26)25-8-19(21-12-31-33(2)14-21)15-35-27(25)20(9-28)11-32-35;1-3-18-4-7-26(30-10-18)36-23-16-34(17-23)25-6-5-19(11-29-25)24-8-20(22-13-31-33(2)14-22)15-35-27(24)21(9-28)12-32-35/h1,3-8,11,13-17,25,29H,9-10,18H2;2-6,8-9,11-12,17-21H,13-16H2,1H3;1,4-8,10-15,24H,16-17H2,2H3;1,4-8,10-15,23H,16-17H2,2H3/t25-;;;/m1.../s1. The summed E-state index contributed by atoms with van der Waals surface area (Å²) in [6.45, 7) is 4.31. The number of aromatic nitrogens is 22. The fraction of sp³-hybridized carbons (Fsp3) is 0.161. The van der Waals surface area contributed by atoms with Gasteiger partial charge in [0.15, 0.2) is 0 Å². The zero-order valence-corrected chi connectivity index (χ0v) is 79.8. The lowest BCUT2D eigenvalue weighted by Gasteiger charge is -2.39. The normalized spacial score (nSPS) is 13.8. The van der Waals surface area contributed by atoms with Crippen LogP contribution in [0.5, 0.6) is 17.4 Å². The third kappa shape index (κ3) is 20.2. The highest BCUT2D eigenvalue weighted by Crippen LogP contribution is 2.40. The van der Waals surface area contributed by atoms with Crippen LogP contribution in [-0.4, -0.2) is 202 Å². The Morgan fingerprint density at radius 3 is 1.26 bits per heavy atom. The number of ether oxygens (including phenoxy) is 3. The van der Waals surface area contributed by atoms with Crippen LogP contribution in [0.15, 0.2) is 294 Å². The lowest BCUT2D eigenvalue weighted by molar-refractivity contribution is -0.125. The van der Waals surface area contributed by atoms with Crippen molar-refractivity contribution in [1.29, 1.82) is 15.8 Å². The monoisotopic (exact) mass is 1950 g/mol. The molecule has 18 aromatic heterocycles. The fourth-order valence-corrected chi connectivity index (χ4v) is 17.9. The summed E-state index contributed by atoms with van der Waals surface area (Å²) < 4.78 is 57.0. The highest BCUT2D eigenvalue weighted by Gasteiger charge is 2.33. The fourth-order valence-electron chi connectivity index (χ4n) is 17.9. The van der Waals surface area contributed by atoms with E-state index in [9.17, 15) is 29.4 Å². The first-order chi connectivity index (χ1) is 72.4. The molecule has 1 amide bonds. The summed E-state index contributed by atoms with van der Waals surface area (Å²) in [6.07, 6.45) is 55.7. The number of halogens is 2. The van der Waals surface area contributed by atoms with Crippen LogP contribution in [0.25, 0.3) is 111 Å². The number of fused-ring (bicyclic) bond motifs is 4. The molecule has 0 saturated carbocycles. The van der Waals surface area contributed by atoms with Crippen LogP contribution < -0.4 is 33.8 Å². The predicted octanol–water partition coefficient (Wildman–Crippen LogP) is 15.3. The molecule has 4 fully saturated rings. The van der Waals surface area contributed by atoms with Crippen molar-refractivity contribution >= 4 is 51.2 Å². The Morgan fingerprint density at radius 2 is 0.818 bits per heavy atom. The van der Waals surface area contributed by atoms with Crippen molar-refractivity contribution in [2.75, 3.05) is 85.0 Å². The topological polar surface area (TPSA) is 350 Å². The molecule has 36 heteroatoms. The van der Waals surface area contributed by atoms with Gasteiger partial charge in [0.1, 0.15) is 77.0 Å². The summed E-state index contributed by atoms with van der Waals surface area (Å²) in [5.41, 5.74) is 21.7. The average Bonchev–Trinajstić information content (AvgIpc) is 1.54. The van der Waals surface area contributed by atoms with E-state index in [0.29, 0.717) is 107 Å². The summed E-state index contributed by atoms with van der Waals surface area (Å²) in [4.78, 5) is 50.3. The summed E-state index contributed by atoms with van der Waals surface area (Å²) in [7, 11) is 5.67. The van der Waals surface area contributed by atoms with E-state index in [-0.39, 0.29) is 24.2 Å². The first kappa shape index (κ1) is 93.9. The number of carbonyl (C=O) groups is 1. The van der Waals surface area contributed by atoms with Crippen molar-refractivity contribution in [3.05, 3.63) is 333 Å². The Morgan fingerprint density at radius 1 is 0.365 bits per heavy atom. The maximum atomic E-state index is 13.1. The Kier molecular flexibility index (Phi) is 26.3. The molecule has 0 spiro atoms. The highest BCUT2D eigenvalue weighted by atomic mass is 19.3. The minimum atomic E-state index is -2.74. The maximum absolute atomic E-state index is 13.1. The molecule has 148 heavy (non-hydrogen) atoms. The van der Waals surface area contributed by atoms with Crippen LogP contribution >= 0.6 is 0 Å². The number of alkyl halides is 2. The number of anilines is 4. The molecule has 20 aromatic rings. The van der Waals surface area contributed by atoms with Crippen LogP contribution in [0, 0.1) is 82.9 Å². The number of carbonyl (C=O) groups excluding carboxylic acids is 1. The molecule has 22 heterocycles. The average molecular weight is 1950 g/mol. The molecule has 722 valence electrons. The van der Waals surface area contributed by atoms with Crippen LogP contribution in [0.3, 0.4) is 0 Å². The molecule has 0 N–H and O–H groups in total. The minimum Gasteiger partial charge on any atom is -0.489 e. The Labute approximate surface area is 846 Å². The molecule has 4 saturated heterocycles. The molecular weight excluding hydrogens is 1870 g/mol. The molecule has 1 atom stereocenters. The number of benzene rings is 2. The lowest BCUT2D eigenvalue weighted by atomic mass is 10.0. The van der Waals surface area contributed by atoms with E-state index in [2.05, 4.69) is 142 Å². The molecule has 34 nitrogen and oxygen atoms in total. The number of aryl methyl sites for hydroxylation is 3. The van der Waals surface area contributed by atoms with Gasteiger partial charge in [0.25, 0.3) is 5.91 Å². The zero-order valence-electron chi connectivity index (χ0n) is 79.8. The van der Waals surface area contributed by atoms with Gasteiger partial charge >= 0.3 is 6.55 Å². The number of hydrogen-bond acceptors (Lipinski definition) is 25. The van der Waals surface area contributed by atoms with Crippen molar-refractivity contribution in [3.8, 4) is 173 Å². The number of rotatable bonds is 19. The number of amides is 1. The van der Waals surface area contributed by atoms with Crippen LogP contribution in [0.2, 0.25) is 0 Å². The molecule has 0 aliphatic carbocycles. The number of nitriles is 3. The number of nitrogens with zero attached hydrogens (tertiary/aromatic N) is 30. The van der Waals surface area contributed by atoms with E-state index in [4.69, 9.17) is 53.4 Å². The van der Waals surface area contributed by atoms with Gasteiger partial charge in [0.2, 0.25) is 5.88 Å². The van der Waals surface area contributed by atoms with Crippen LogP contribution in [0.4, 0.5) is 32.1 Å². The molecule has 0 bridgehead atoms. The minimum absolute atomic E-state index is 0.0265. The molecule has 2 aromatic carbocycles. The summed E-state index contributed by atoms with van der Waals surface area (Å²) in [5, 5.41) is 63.1. The highest BCUT2D eigenvalue weighted by molar-refractivity contribution is 5.95. The van der Waals surface area contributed by atoms with Gasteiger partial charge in [-0.15, -0.1) is 19.3 Å². The van der Waals surface area contributed by atoms with Gasteiger partial charge in [-0.2, -0.15) is 65.4 Å². The Balaban J connectivity index is 0.000000116. The van der Waals surface area contributed by atoms with Crippen molar-refractivity contribution in [3.63, 3.8) is 0 Å². The molecule has 0 unspecified atom stereocenters. The van der Waals surface area contributed by atoms with E-state index in [1.807, 2.05) is 221 Å². The SMILES string of the molecule is C#Cc1ccc(OC2CN(c3ccc(-c4cc(-c5cnn(C)c5)cn5ncc(C#N)c45)cn3)C2)cn1.C#Cc1ccc(OC2CN(c3ccc(-c4cc(-c5cnn(C)c5)cn5ncc(C#N)c45)cn3)C2)nc1.C#Cc1ccc(O[C@@H]2CCN(c3ccc(-c4cc(-c5cnn(C(F)F)c5)cn5ncc(C#N)c45)cn3)C2)cc1.Cn1cc(-c2cc(-c3ccc(N4CCN(C(=O)C#Cc5ccccc5)CC4)nc3)c3ccnn3c2)cn1. The van der Waals surface area contributed by atoms with E-state index in [1.165, 1.54) is 18.6 Å². The van der Waals surface area contributed by atoms with Gasteiger partial charge in [-0.05, 0) is 133 Å². The van der Waals surface area contributed by atoms with E-state index in [1.54, 1.807) is 88.0 Å². The number of terminal acetylenes is 3. The van der Waals surface area contributed by atoms with Crippen molar-refractivity contribution < 1.29 is 27.8 Å². The van der Waals surface area contributed by atoms with Crippen molar-refractivity contribution in [1.82, 2.24) is 112 Å². The van der Waals surface area contributed by atoms with Gasteiger partial charge in [0.05, 0.1) is 121 Å². The van der Waals surface area contributed by atoms with Crippen molar-refractivity contribution in [2.24, 2.45) is 21.1 Å². The predicted molar refractivity (Wildman–Crippen MR) is 552 cm³/mol. The Hall–Kier alpha value is -20.4. The van der Waals surface area contributed by atoms with Gasteiger partial charge in [-0.1, -0.05) is 41.9 Å². The first-order valence-electron chi connectivity index (χ1n) is 47.0. The maximum Gasteiger partial charge on any atom is 0.333 e. The Bertz CT molecular complexity index is 8410. The number of piperazine rings is 1.